The summed E-state index contributed by atoms with van der Waals surface area (Å²) in [6.45, 7) is 9.50. The summed E-state index contributed by atoms with van der Waals surface area (Å²) in [5.41, 5.74) is 0.415. The lowest BCUT2D eigenvalue weighted by Gasteiger charge is -2.39. The van der Waals surface area contributed by atoms with Crippen LogP contribution in [0.1, 0.15) is 46.0 Å². The van der Waals surface area contributed by atoms with Crippen LogP contribution >= 0.6 is 0 Å². The van der Waals surface area contributed by atoms with Gasteiger partial charge in [0.1, 0.15) is 0 Å². The third-order valence-electron chi connectivity index (χ3n) is 4.65. The number of ether oxygens (including phenoxy) is 1. The lowest BCUT2D eigenvalue weighted by Crippen LogP contribution is -2.47. The standard InChI is InChI=1S/C15H30N2O/c1-4-15(2,11-16-13-7-8-13)12-17-9-5-6-14(10-17)18-3/h13-14,16H,4-12H2,1-3H3. The van der Waals surface area contributed by atoms with Crippen molar-refractivity contribution in [2.24, 2.45) is 5.41 Å². The molecule has 2 rings (SSSR count). The van der Waals surface area contributed by atoms with Crippen molar-refractivity contribution in [2.75, 3.05) is 33.3 Å². The zero-order chi connectivity index (χ0) is 13.0. The fourth-order valence-corrected chi connectivity index (χ4v) is 2.86. The van der Waals surface area contributed by atoms with Gasteiger partial charge in [0, 0.05) is 32.8 Å². The Kier molecular flexibility index (Phi) is 5.05. The number of nitrogens with zero attached hydrogens (tertiary/aromatic N) is 1. The second kappa shape index (κ2) is 6.36. The Morgan fingerprint density at radius 3 is 2.72 bits per heavy atom. The molecule has 0 aromatic heterocycles. The van der Waals surface area contributed by atoms with E-state index < -0.39 is 0 Å². The molecule has 0 radical (unpaired) electrons. The van der Waals surface area contributed by atoms with Crippen LogP contribution in [0.15, 0.2) is 0 Å². The Balaban J connectivity index is 1.79. The molecule has 1 saturated heterocycles. The molecule has 3 heteroatoms. The molecule has 2 aliphatic rings. The van der Waals surface area contributed by atoms with E-state index in [0.717, 1.165) is 12.6 Å². The van der Waals surface area contributed by atoms with E-state index >= 15 is 0 Å². The zero-order valence-corrected chi connectivity index (χ0v) is 12.4. The number of likely N-dealkylation sites (tertiary alicyclic amines) is 1. The third kappa shape index (κ3) is 4.22. The van der Waals surface area contributed by atoms with Crippen LogP contribution in [0.25, 0.3) is 0 Å². The molecule has 0 aromatic carbocycles. The molecule has 18 heavy (non-hydrogen) atoms. The Morgan fingerprint density at radius 2 is 2.11 bits per heavy atom. The molecule has 0 aromatic rings. The van der Waals surface area contributed by atoms with Crippen molar-refractivity contribution in [3.8, 4) is 0 Å². The fourth-order valence-electron chi connectivity index (χ4n) is 2.86. The van der Waals surface area contributed by atoms with Gasteiger partial charge in [0.2, 0.25) is 0 Å². The summed E-state index contributed by atoms with van der Waals surface area (Å²) in [7, 11) is 1.85. The first-order valence-electron chi connectivity index (χ1n) is 7.64. The van der Waals surface area contributed by atoms with E-state index in [4.69, 9.17) is 4.74 Å². The molecule has 1 aliphatic carbocycles. The first-order valence-corrected chi connectivity index (χ1v) is 7.64. The molecular formula is C15H30N2O. The second-order valence-electron chi connectivity index (χ2n) is 6.55. The van der Waals surface area contributed by atoms with Crippen molar-refractivity contribution >= 4 is 0 Å². The SMILES string of the molecule is CCC(C)(CNC1CC1)CN1CCCC(OC)C1. The van der Waals surface area contributed by atoms with Crippen LogP contribution in [0, 0.1) is 5.41 Å². The summed E-state index contributed by atoms with van der Waals surface area (Å²) in [6.07, 6.45) is 6.99. The first kappa shape index (κ1) is 14.3. The average Bonchev–Trinajstić information content (AvgIpc) is 3.21. The van der Waals surface area contributed by atoms with Gasteiger partial charge in [-0.25, -0.2) is 0 Å². The molecule has 2 atom stereocenters. The smallest absolute Gasteiger partial charge is 0.0698 e. The molecular weight excluding hydrogens is 224 g/mol. The highest BCUT2D eigenvalue weighted by Crippen LogP contribution is 2.27. The van der Waals surface area contributed by atoms with Crippen LogP contribution in [-0.2, 0) is 4.74 Å². The number of hydrogen-bond acceptors (Lipinski definition) is 3. The normalized spacial score (nSPS) is 29.2. The van der Waals surface area contributed by atoms with Gasteiger partial charge in [0.05, 0.1) is 6.10 Å². The maximum Gasteiger partial charge on any atom is 0.0698 e. The monoisotopic (exact) mass is 254 g/mol. The van der Waals surface area contributed by atoms with Gasteiger partial charge >= 0.3 is 0 Å². The Hall–Kier alpha value is -0.120. The van der Waals surface area contributed by atoms with E-state index in [9.17, 15) is 0 Å². The van der Waals surface area contributed by atoms with Gasteiger partial charge in [0.25, 0.3) is 0 Å². The van der Waals surface area contributed by atoms with Crippen molar-refractivity contribution < 1.29 is 4.74 Å². The van der Waals surface area contributed by atoms with Gasteiger partial charge in [-0.1, -0.05) is 13.8 Å². The minimum absolute atomic E-state index is 0.415. The molecule has 1 saturated carbocycles. The summed E-state index contributed by atoms with van der Waals surface area (Å²) in [6, 6.07) is 0.823. The number of nitrogens with one attached hydrogen (secondary N) is 1. The lowest BCUT2D eigenvalue weighted by molar-refractivity contribution is 0.0156. The molecule has 2 unspecified atom stereocenters. The maximum atomic E-state index is 5.52. The van der Waals surface area contributed by atoms with E-state index in [0.29, 0.717) is 11.5 Å². The highest BCUT2D eigenvalue weighted by Gasteiger charge is 2.30. The van der Waals surface area contributed by atoms with Crippen molar-refractivity contribution in [1.82, 2.24) is 10.2 Å². The quantitative estimate of drug-likeness (QED) is 0.754. The van der Waals surface area contributed by atoms with Gasteiger partial charge in [-0.15, -0.1) is 0 Å². The molecule has 3 nitrogen and oxygen atoms in total. The molecule has 106 valence electrons. The van der Waals surface area contributed by atoms with Crippen LogP contribution in [-0.4, -0.2) is 50.3 Å². The van der Waals surface area contributed by atoms with Crippen LogP contribution in [0.5, 0.6) is 0 Å². The molecule has 2 fully saturated rings. The molecule has 0 amide bonds. The van der Waals surface area contributed by atoms with E-state index in [1.807, 2.05) is 7.11 Å². The predicted molar refractivity (Wildman–Crippen MR) is 75.9 cm³/mol. The van der Waals surface area contributed by atoms with Crippen LogP contribution in [0.3, 0.4) is 0 Å². The molecule has 0 bridgehead atoms. The van der Waals surface area contributed by atoms with Crippen LogP contribution in [0.4, 0.5) is 0 Å². The van der Waals surface area contributed by atoms with Crippen LogP contribution in [0.2, 0.25) is 0 Å². The largest absolute Gasteiger partial charge is 0.380 e. The number of piperidine rings is 1. The van der Waals surface area contributed by atoms with Gasteiger partial charge in [-0.2, -0.15) is 0 Å². The van der Waals surface area contributed by atoms with Crippen molar-refractivity contribution in [3.63, 3.8) is 0 Å². The molecule has 1 aliphatic heterocycles. The highest BCUT2D eigenvalue weighted by atomic mass is 16.5. The Labute approximate surface area is 112 Å². The minimum Gasteiger partial charge on any atom is -0.380 e. The number of hydrogen-bond donors (Lipinski definition) is 1. The maximum absolute atomic E-state index is 5.52. The predicted octanol–water partition coefficient (Wildman–Crippen LogP) is 2.27. The minimum atomic E-state index is 0.415. The van der Waals surface area contributed by atoms with Crippen molar-refractivity contribution in [3.05, 3.63) is 0 Å². The second-order valence-corrected chi connectivity index (χ2v) is 6.55. The molecule has 0 spiro atoms. The van der Waals surface area contributed by atoms with E-state index in [-0.39, 0.29) is 0 Å². The van der Waals surface area contributed by atoms with Gasteiger partial charge < -0.3 is 15.0 Å². The van der Waals surface area contributed by atoms with Crippen molar-refractivity contribution in [2.45, 2.75) is 58.1 Å². The average molecular weight is 254 g/mol. The summed E-state index contributed by atoms with van der Waals surface area (Å²) in [4.78, 5) is 2.61. The third-order valence-corrected chi connectivity index (χ3v) is 4.65. The number of rotatable bonds is 7. The van der Waals surface area contributed by atoms with Crippen molar-refractivity contribution in [1.29, 1.82) is 0 Å². The summed E-state index contributed by atoms with van der Waals surface area (Å²) < 4.78 is 5.52. The zero-order valence-electron chi connectivity index (χ0n) is 12.4. The molecule has 1 N–H and O–H groups in total. The highest BCUT2D eigenvalue weighted by molar-refractivity contribution is 4.87. The van der Waals surface area contributed by atoms with Gasteiger partial charge in [-0.05, 0) is 44.1 Å². The Morgan fingerprint density at radius 1 is 1.33 bits per heavy atom. The Bertz CT molecular complexity index is 255. The van der Waals surface area contributed by atoms with Gasteiger partial charge in [0.15, 0.2) is 0 Å². The molecule has 1 heterocycles. The van der Waals surface area contributed by atoms with Gasteiger partial charge in [-0.3, -0.25) is 0 Å². The van der Waals surface area contributed by atoms with Crippen LogP contribution < -0.4 is 5.32 Å². The van der Waals surface area contributed by atoms with E-state index in [1.54, 1.807) is 0 Å². The topological polar surface area (TPSA) is 24.5 Å². The summed E-state index contributed by atoms with van der Waals surface area (Å²) in [5.74, 6) is 0. The lowest BCUT2D eigenvalue weighted by atomic mass is 9.86. The summed E-state index contributed by atoms with van der Waals surface area (Å²) in [5, 5.41) is 3.70. The van der Waals surface area contributed by atoms with E-state index in [1.165, 1.54) is 51.7 Å². The first-order chi connectivity index (χ1) is 8.65. The van der Waals surface area contributed by atoms with E-state index in [2.05, 4.69) is 24.1 Å². The summed E-state index contributed by atoms with van der Waals surface area (Å²) >= 11 is 0. The fraction of sp³-hybridized carbons (Fsp3) is 1.00. The number of methoxy groups -OCH3 is 1.